The molecule has 0 saturated carbocycles. The van der Waals surface area contributed by atoms with Gasteiger partial charge in [0.2, 0.25) is 0 Å². The zero-order valence-electron chi connectivity index (χ0n) is 12.4. The van der Waals surface area contributed by atoms with E-state index in [1.54, 1.807) is 0 Å². The van der Waals surface area contributed by atoms with Gasteiger partial charge in [-0.3, -0.25) is 4.79 Å². The fraction of sp³-hybridized carbons (Fsp3) is 0.941. The summed E-state index contributed by atoms with van der Waals surface area (Å²) in [4.78, 5) is 12.3. The lowest BCUT2D eigenvalue weighted by molar-refractivity contribution is -0.155. The summed E-state index contributed by atoms with van der Waals surface area (Å²) < 4.78 is 5.81. The molecule has 2 atom stereocenters. The minimum absolute atomic E-state index is 0.117. The molecular weight excluding hydrogens is 236 g/mol. The first-order chi connectivity index (χ1) is 9.36. The number of ether oxygens (including phenoxy) is 1. The second-order valence-electron chi connectivity index (χ2n) is 6.45. The van der Waals surface area contributed by atoms with Crippen LogP contribution in [-0.4, -0.2) is 12.1 Å². The maximum absolute atomic E-state index is 12.3. The zero-order valence-corrected chi connectivity index (χ0v) is 12.4. The van der Waals surface area contributed by atoms with Gasteiger partial charge in [-0.1, -0.05) is 51.4 Å². The van der Waals surface area contributed by atoms with E-state index in [0.717, 1.165) is 25.7 Å². The molecule has 2 aliphatic heterocycles. The van der Waals surface area contributed by atoms with E-state index < -0.39 is 0 Å². The Bertz CT molecular complexity index is 262. The van der Waals surface area contributed by atoms with Gasteiger partial charge in [0, 0.05) is 0 Å². The van der Waals surface area contributed by atoms with Gasteiger partial charge >= 0.3 is 5.97 Å². The summed E-state index contributed by atoms with van der Waals surface area (Å²) in [7, 11) is 0. The molecule has 0 amide bonds. The summed E-state index contributed by atoms with van der Waals surface area (Å²) in [6.07, 6.45) is 17.4. The number of esters is 1. The van der Waals surface area contributed by atoms with Crippen LogP contribution in [0.3, 0.4) is 0 Å². The average Bonchev–Trinajstić information content (AvgIpc) is 2.48. The quantitative estimate of drug-likeness (QED) is 0.576. The molecule has 2 rings (SSSR count). The van der Waals surface area contributed by atoms with E-state index in [2.05, 4.69) is 0 Å². The highest BCUT2D eigenvalue weighted by molar-refractivity contribution is 5.72. The molecule has 0 N–H and O–H groups in total. The average molecular weight is 266 g/mol. The van der Waals surface area contributed by atoms with Gasteiger partial charge in [0.05, 0.1) is 5.92 Å². The van der Waals surface area contributed by atoms with E-state index in [9.17, 15) is 4.79 Å². The first-order valence-corrected chi connectivity index (χ1v) is 8.57. The summed E-state index contributed by atoms with van der Waals surface area (Å²) in [6.45, 7) is 0. The molecule has 0 aliphatic carbocycles. The molecule has 2 heteroatoms. The largest absolute Gasteiger partial charge is 0.462 e. The minimum atomic E-state index is 0.117. The Morgan fingerprint density at radius 1 is 0.632 bits per heavy atom. The van der Waals surface area contributed by atoms with Crippen molar-refractivity contribution in [2.75, 3.05) is 0 Å². The normalized spacial score (nSPS) is 31.9. The molecule has 2 nitrogen and oxygen atoms in total. The third-order valence-corrected chi connectivity index (χ3v) is 4.77. The number of rotatable bonds is 0. The molecule has 0 radical (unpaired) electrons. The van der Waals surface area contributed by atoms with Crippen molar-refractivity contribution in [2.24, 2.45) is 5.92 Å². The highest BCUT2D eigenvalue weighted by Crippen LogP contribution is 2.26. The van der Waals surface area contributed by atoms with Gasteiger partial charge < -0.3 is 4.74 Å². The Morgan fingerprint density at radius 3 is 1.63 bits per heavy atom. The van der Waals surface area contributed by atoms with Crippen LogP contribution >= 0.6 is 0 Å². The Kier molecular flexibility index (Phi) is 6.73. The molecule has 110 valence electrons. The summed E-state index contributed by atoms with van der Waals surface area (Å²) in [5.41, 5.74) is 0. The van der Waals surface area contributed by atoms with E-state index in [4.69, 9.17) is 4.74 Å². The van der Waals surface area contributed by atoms with Crippen LogP contribution in [0.2, 0.25) is 0 Å². The fourth-order valence-electron chi connectivity index (χ4n) is 3.49. The van der Waals surface area contributed by atoms with E-state index >= 15 is 0 Å². The van der Waals surface area contributed by atoms with Crippen molar-refractivity contribution in [1.29, 1.82) is 0 Å². The Morgan fingerprint density at radius 2 is 1.05 bits per heavy atom. The first-order valence-electron chi connectivity index (χ1n) is 8.57. The molecule has 0 spiro atoms. The molecule has 2 fully saturated rings. The van der Waals surface area contributed by atoms with Crippen molar-refractivity contribution in [3.05, 3.63) is 0 Å². The van der Waals surface area contributed by atoms with E-state index in [1.165, 1.54) is 64.2 Å². The van der Waals surface area contributed by atoms with Gasteiger partial charge in [0.1, 0.15) is 6.10 Å². The molecule has 2 bridgehead atoms. The van der Waals surface area contributed by atoms with Crippen LogP contribution in [0.5, 0.6) is 0 Å². The molecule has 2 unspecified atom stereocenters. The third kappa shape index (κ3) is 5.54. The van der Waals surface area contributed by atoms with E-state index in [0.29, 0.717) is 0 Å². The second kappa shape index (κ2) is 8.60. The number of carbonyl (C=O) groups is 1. The maximum Gasteiger partial charge on any atom is 0.309 e. The number of hydrogen-bond acceptors (Lipinski definition) is 2. The van der Waals surface area contributed by atoms with Gasteiger partial charge in [0.25, 0.3) is 0 Å². The summed E-state index contributed by atoms with van der Waals surface area (Å²) in [5.74, 6) is 0.312. The lowest BCUT2D eigenvalue weighted by Crippen LogP contribution is -2.23. The smallest absolute Gasteiger partial charge is 0.309 e. The topological polar surface area (TPSA) is 26.3 Å². The minimum Gasteiger partial charge on any atom is -0.462 e. The second-order valence-corrected chi connectivity index (χ2v) is 6.45. The predicted octanol–water partition coefficient (Wildman–Crippen LogP) is 5.00. The zero-order chi connectivity index (χ0) is 13.3. The lowest BCUT2D eigenvalue weighted by atomic mass is 9.94. The lowest BCUT2D eigenvalue weighted by Gasteiger charge is -2.20. The molecule has 2 heterocycles. The van der Waals surface area contributed by atoms with Crippen LogP contribution in [0.1, 0.15) is 89.9 Å². The highest BCUT2D eigenvalue weighted by atomic mass is 16.5. The van der Waals surface area contributed by atoms with Gasteiger partial charge in [0.15, 0.2) is 0 Å². The molecule has 2 aliphatic rings. The molecular formula is C17H30O2. The van der Waals surface area contributed by atoms with Crippen molar-refractivity contribution < 1.29 is 9.53 Å². The summed E-state index contributed by atoms with van der Waals surface area (Å²) in [6, 6.07) is 0. The van der Waals surface area contributed by atoms with Crippen LogP contribution in [0.15, 0.2) is 0 Å². The van der Waals surface area contributed by atoms with Crippen LogP contribution in [0.25, 0.3) is 0 Å². The maximum atomic E-state index is 12.3. The van der Waals surface area contributed by atoms with Gasteiger partial charge in [-0.15, -0.1) is 0 Å². The van der Waals surface area contributed by atoms with Gasteiger partial charge in [-0.2, -0.15) is 0 Å². The summed E-state index contributed by atoms with van der Waals surface area (Å²) >= 11 is 0. The van der Waals surface area contributed by atoms with Crippen molar-refractivity contribution in [3.8, 4) is 0 Å². The highest BCUT2D eigenvalue weighted by Gasteiger charge is 2.24. The standard InChI is InChI=1S/C17H30O2/c18-17-15-11-7-4-2-1-3-5-9-13-16(19-17)14-10-6-8-12-15/h15-16H,1-14H2. The monoisotopic (exact) mass is 266 g/mol. The van der Waals surface area contributed by atoms with E-state index in [-0.39, 0.29) is 18.0 Å². The van der Waals surface area contributed by atoms with Crippen LogP contribution in [-0.2, 0) is 9.53 Å². The Labute approximate surface area is 118 Å². The van der Waals surface area contributed by atoms with Crippen LogP contribution in [0, 0.1) is 5.92 Å². The van der Waals surface area contributed by atoms with Crippen molar-refractivity contribution in [1.82, 2.24) is 0 Å². The third-order valence-electron chi connectivity index (χ3n) is 4.77. The Hall–Kier alpha value is -0.530. The molecule has 2 saturated heterocycles. The Balaban J connectivity index is 1.96. The molecule has 0 aromatic heterocycles. The van der Waals surface area contributed by atoms with Crippen molar-refractivity contribution in [2.45, 2.75) is 96.0 Å². The fourth-order valence-corrected chi connectivity index (χ4v) is 3.49. The number of fused-ring (bicyclic) bond motifs is 3. The number of carbonyl (C=O) groups excluding carboxylic acids is 1. The SMILES string of the molecule is O=C1OC2CCCCCCCCCC1CCCCC2. The number of hydrogen-bond donors (Lipinski definition) is 0. The molecule has 0 aromatic carbocycles. The van der Waals surface area contributed by atoms with Crippen LogP contribution in [0.4, 0.5) is 0 Å². The van der Waals surface area contributed by atoms with Crippen molar-refractivity contribution >= 4 is 5.97 Å². The summed E-state index contributed by atoms with van der Waals surface area (Å²) in [5, 5.41) is 0. The first kappa shape index (κ1) is 14.9. The van der Waals surface area contributed by atoms with Crippen molar-refractivity contribution in [3.63, 3.8) is 0 Å². The van der Waals surface area contributed by atoms with Gasteiger partial charge in [-0.05, 0) is 38.5 Å². The van der Waals surface area contributed by atoms with Crippen LogP contribution < -0.4 is 0 Å². The predicted molar refractivity (Wildman–Crippen MR) is 78.0 cm³/mol. The van der Waals surface area contributed by atoms with E-state index in [1.807, 2.05) is 0 Å². The molecule has 0 aromatic rings. The molecule has 19 heavy (non-hydrogen) atoms. The van der Waals surface area contributed by atoms with Gasteiger partial charge in [-0.25, -0.2) is 0 Å².